The van der Waals surface area contributed by atoms with Gasteiger partial charge in [-0.15, -0.1) is 0 Å². The number of rotatable bonds is 7. The summed E-state index contributed by atoms with van der Waals surface area (Å²) in [6.45, 7) is 11.4. The van der Waals surface area contributed by atoms with E-state index in [0.717, 1.165) is 17.7 Å². The van der Waals surface area contributed by atoms with Gasteiger partial charge in [0.1, 0.15) is 11.4 Å². The summed E-state index contributed by atoms with van der Waals surface area (Å²) in [5.41, 5.74) is 0.874. The first-order valence-electron chi connectivity index (χ1n) is 11.2. The molecule has 0 atom stereocenters. The highest BCUT2D eigenvalue weighted by atomic mass is 19.1. The number of nitro groups is 1. The number of carbonyl (C=O) groups excluding carboxylic acids is 1. The number of hydrogen-bond acceptors (Lipinski definition) is 4. The van der Waals surface area contributed by atoms with Crippen LogP contribution in [0.2, 0.25) is 0 Å². The molecule has 1 aliphatic carbocycles. The van der Waals surface area contributed by atoms with E-state index >= 15 is 0 Å². The average molecular weight is 456 g/mol. The normalized spacial score (nSPS) is 16.5. The highest BCUT2D eigenvalue weighted by Crippen LogP contribution is 2.49. The highest BCUT2D eigenvalue weighted by Gasteiger charge is 2.38. The maximum absolute atomic E-state index is 14.4. The molecule has 1 saturated carbocycles. The molecule has 2 aromatic rings. The van der Waals surface area contributed by atoms with Gasteiger partial charge in [-0.05, 0) is 60.1 Å². The van der Waals surface area contributed by atoms with E-state index in [1.807, 2.05) is 12.1 Å². The fourth-order valence-electron chi connectivity index (χ4n) is 4.75. The molecule has 1 aliphatic rings. The van der Waals surface area contributed by atoms with E-state index in [1.54, 1.807) is 12.1 Å². The smallest absolute Gasteiger partial charge is 0.295 e. The predicted octanol–water partition coefficient (Wildman–Crippen LogP) is 7.28. The van der Waals surface area contributed by atoms with Gasteiger partial charge in [-0.3, -0.25) is 14.9 Å². The van der Waals surface area contributed by atoms with Crippen molar-refractivity contribution in [2.75, 3.05) is 5.32 Å². The minimum atomic E-state index is -0.881. The summed E-state index contributed by atoms with van der Waals surface area (Å²) in [5.74, 6) is 1.26. The van der Waals surface area contributed by atoms with E-state index in [-0.39, 0.29) is 16.9 Å². The van der Waals surface area contributed by atoms with Crippen molar-refractivity contribution in [3.63, 3.8) is 0 Å². The first kappa shape index (κ1) is 24.7. The number of nitro benzene ring substituents is 1. The molecule has 0 unspecified atom stereocenters. The lowest BCUT2D eigenvalue weighted by molar-refractivity contribution is -0.384. The number of ether oxygens (including phenoxy) is 1. The van der Waals surface area contributed by atoms with Gasteiger partial charge in [0.05, 0.1) is 11.0 Å². The third-order valence-electron chi connectivity index (χ3n) is 6.41. The molecular formula is C26H32FN2O4. The summed E-state index contributed by atoms with van der Waals surface area (Å²) in [6.07, 6.45) is 5.04. The fraction of sp³-hybridized carbons (Fsp3) is 0.462. The number of benzene rings is 2. The zero-order chi connectivity index (χ0) is 24.4. The molecule has 0 heterocycles. The summed E-state index contributed by atoms with van der Waals surface area (Å²) in [4.78, 5) is 21.1. The van der Waals surface area contributed by atoms with Gasteiger partial charge < -0.3 is 10.1 Å². The van der Waals surface area contributed by atoms with Crippen molar-refractivity contribution in [2.45, 2.75) is 60.3 Å². The van der Waals surface area contributed by atoms with Crippen molar-refractivity contribution in [1.29, 1.82) is 0 Å². The zero-order valence-electron chi connectivity index (χ0n) is 19.9. The number of amides is 1. The molecule has 0 aliphatic heterocycles. The lowest BCUT2D eigenvalue weighted by atomic mass is 9.62. The van der Waals surface area contributed by atoms with Crippen LogP contribution in [0.5, 0.6) is 11.5 Å². The number of nitrogens with zero attached hydrogens (tertiary/aromatic N) is 1. The first-order chi connectivity index (χ1) is 15.4. The van der Waals surface area contributed by atoms with Crippen LogP contribution in [0.1, 0.15) is 65.9 Å². The molecule has 2 aromatic carbocycles. The maximum atomic E-state index is 14.4. The Morgan fingerprint density at radius 2 is 1.79 bits per heavy atom. The van der Waals surface area contributed by atoms with Crippen molar-refractivity contribution in [3.8, 4) is 11.5 Å². The van der Waals surface area contributed by atoms with Crippen LogP contribution in [0.25, 0.3) is 0 Å². The Kier molecular flexibility index (Phi) is 7.10. The maximum Gasteiger partial charge on any atom is 0.295 e. The topological polar surface area (TPSA) is 81.5 Å². The molecule has 6 nitrogen and oxygen atoms in total. The first-order valence-corrected chi connectivity index (χ1v) is 11.2. The average Bonchev–Trinajstić information content (AvgIpc) is 2.72. The lowest BCUT2D eigenvalue weighted by Crippen LogP contribution is -2.32. The van der Waals surface area contributed by atoms with Crippen LogP contribution in [-0.4, -0.2) is 11.3 Å². The molecule has 0 aromatic heterocycles. The SMILES string of the molecule is CC1(C)CCC([C](c2ccc(Oc3cc(NC=O)c([N+](=O)[O-])cc3F)cc2)C(C)(C)C)CC1. The molecule has 0 spiro atoms. The Labute approximate surface area is 194 Å². The van der Waals surface area contributed by atoms with Crippen molar-refractivity contribution in [3.05, 3.63) is 63.8 Å². The van der Waals surface area contributed by atoms with Crippen molar-refractivity contribution < 1.29 is 18.8 Å². The number of halogens is 1. The van der Waals surface area contributed by atoms with Gasteiger partial charge in [-0.2, -0.15) is 0 Å². The minimum Gasteiger partial charge on any atom is -0.454 e. The van der Waals surface area contributed by atoms with Crippen LogP contribution in [0, 0.1) is 38.6 Å². The van der Waals surface area contributed by atoms with Crippen LogP contribution in [0.3, 0.4) is 0 Å². The second-order valence-electron chi connectivity index (χ2n) is 10.5. The van der Waals surface area contributed by atoms with Crippen molar-refractivity contribution in [1.82, 2.24) is 0 Å². The van der Waals surface area contributed by atoms with Gasteiger partial charge >= 0.3 is 0 Å². The summed E-state index contributed by atoms with van der Waals surface area (Å²) < 4.78 is 20.1. The zero-order valence-corrected chi connectivity index (χ0v) is 19.9. The molecule has 0 bridgehead atoms. The lowest BCUT2D eigenvalue weighted by Gasteiger charge is -2.43. The monoisotopic (exact) mass is 455 g/mol. The fourth-order valence-corrected chi connectivity index (χ4v) is 4.75. The molecule has 3 rings (SSSR count). The van der Waals surface area contributed by atoms with E-state index in [0.29, 0.717) is 23.5 Å². The molecule has 1 radical (unpaired) electrons. The van der Waals surface area contributed by atoms with E-state index < -0.39 is 16.4 Å². The molecule has 1 N–H and O–H groups in total. The van der Waals surface area contributed by atoms with E-state index in [2.05, 4.69) is 39.9 Å². The molecule has 7 heteroatoms. The van der Waals surface area contributed by atoms with Gasteiger partial charge in [-0.25, -0.2) is 4.39 Å². The Morgan fingerprint density at radius 3 is 2.30 bits per heavy atom. The number of carbonyl (C=O) groups is 1. The number of anilines is 1. The van der Waals surface area contributed by atoms with Crippen LogP contribution in [-0.2, 0) is 4.79 Å². The van der Waals surface area contributed by atoms with Gasteiger partial charge in [0, 0.05) is 12.0 Å². The predicted molar refractivity (Wildman–Crippen MR) is 127 cm³/mol. The standard InChI is InChI=1S/C26H32FN2O4/c1-25(2,3)24(18-10-12-26(4,5)13-11-18)17-6-8-19(9-7-17)33-23-15-21(28-16-30)22(29(31)32)14-20(23)27/h6-9,14-16,18H,10-13H2,1-5H3,(H,28,30). The number of nitrogens with one attached hydrogen (secondary N) is 1. The van der Waals surface area contributed by atoms with Crippen LogP contribution >= 0.6 is 0 Å². The van der Waals surface area contributed by atoms with Crippen molar-refractivity contribution >= 4 is 17.8 Å². The van der Waals surface area contributed by atoms with Crippen molar-refractivity contribution in [2.24, 2.45) is 16.7 Å². The molecule has 1 fully saturated rings. The summed E-state index contributed by atoms with van der Waals surface area (Å²) in [7, 11) is 0. The Balaban J connectivity index is 1.84. The van der Waals surface area contributed by atoms with Gasteiger partial charge in [0.2, 0.25) is 6.41 Å². The van der Waals surface area contributed by atoms with E-state index in [1.165, 1.54) is 31.6 Å². The summed E-state index contributed by atoms with van der Waals surface area (Å²) in [6, 6.07) is 9.40. The Hall–Kier alpha value is -2.96. The van der Waals surface area contributed by atoms with Crippen LogP contribution < -0.4 is 10.1 Å². The molecule has 33 heavy (non-hydrogen) atoms. The van der Waals surface area contributed by atoms with E-state index in [4.69, 9.17) is 4.74 Å². The van der Waals surface area contributed by atoms with Gasteiger partial charge in [-0.1, -0.05) is 46.8 Å². The highest BCUT2D eigenvalue weighted by molar-refractivity contribution is 5.78. The van der Waals surface area contributed by atoms with Gasteiger partial charge in [0.15, 0.2) is 11.6 Å². The van der Waals surface area contributed by atoms with Gasteiger partial charge in [0.25, 0.3) is 5.69 Å². The summed E-state index contributed by atoms with van der Waals surface area (Å²) in [5, 5.41) is 13.3. The summed E-state index contributed by atoms with van der Waals surface area (Å²) >= 11 is 0. The third-order valence-corrected chi connectivity index (χ3v) is 6.41. The second-order valence-corrected chi connectivity index (χ2v) is 10.5. The quantitative estimate of drug-likeness (QED) is 0.270. The van der Waals surface area contributed by atoms with E-state index in [9.17, 15) is 19.3 Å². The molecule has 1 amide bonds. The molecule has 177 valence electrons. The Morgan fingerprint density at radius 1 is 1.18 bits per heavy atom. The largest absolute Gasteiger partial charge is 0.454 e. The molecule has 0 saturated heterocycles. The second kappa shape index (κ2) is 9.49. The van der Waals surface area contributed by atoms with Crippen LogP contribution in [0.4, 0.5) is 15.8 Å². The number of hydrogen-bond donors (Lipinski definition) is 1. The van der Waals surface area contributed by atoms with Crippen LogP contribution in [0.15, 0.2) is 36.4 Å². The Bertz CT molecular complexity index is 1000. The third kappa shape index (κ3) is 5.89. The minimum absolute atomic E-state index is 0.00833. The molecular weight excluding hydrogens is 423 g/mol.